The highest BCUT2D eigenvalue weighted by atomic mass is 32.1. The number of aryl methyl sites for hydroxylation is 2. The van der Waals surface area contributed by atoms with Crippen LogP contribution in [0.2, 0.25) is 0 Å². The summed E-state index contributed by atoms with van der Waals surface area (Å²) in [4.78, 5) is 11.5. The number of hydrogen-bond acceptors (Lipinski definition) is 5. The van der Waals surface area contributed by atoms with Crippen LogP contribution in [-0.2, 0) is 0 Å². The zero-order valence-corrected chi connectivity index (χ0v) is 18.6. The molecule has 2 N–H and O–H groups in total. The van der Waals surface area contributed by atoms with Crippen LogP contribution in [-0.4, -0.2) is 28.2 Å². The SMILES string of the molecule is CCN(CC)c1nc(C)c(NC(=S)Nc2ccccc2)c(Oc2ccc(C)cc2)n1. The highest BCUT2D eigenvalue weighted by Gasteiger charge is 2.18. The van der Waals surface area contributed by atoms with Gasteiger partial charge in [-0.25, -0.2) is 4.98 Å². The van der Waals surface area contributed by atoms with Gasteiger partial charge < -0.3 is 20.3 Å². The Balaban J connectivity index is 1.92. The van der Waals surface area contributed by atoms with E-state index in [2.05, 4.69) is 34.4 Å². The fourth-order valence-corrected chi connectivity index (χ4v) is 3.13. The maximum atomic E-state index is 6.15. The Morgan fingerprint density at radius 1 is 0.933 bits per heavy atom. The number of hydrogen-bond donors (Lipinski definition) is 2. The lowest BCUT2D eigenvalue weighted by Gasteiger charge is -2.22. The number of benzene rings is 2. The lowest BCUT2D eigenvalue weighted by molar-refractivity contribution is 0.463. The van der Waals surface area contributed by atoms with Crippen LogP contribution in [0.25, 0.3) is 0 Å². The molecule has 156 valence electrons. The van der Waals surface area contributed by atoms with Crippen LogP contribution in [0.5, 0.6) is 11.6 Å². The first-order valence-corrected chi connectivity index (χ1v) is 10.4. The van der Waals surface area contributed by atoms with Crippen molar-refractivity contribution in [1.82, 2.24) is 9.97 Å². The van der Waals surface area contributed by atoms with E-state index in [0.29, 0.717) is 28.4 Å². The van der Waals surface area contributed by atoms with Crippen molar-refractivity contribution in [2.75, 3.05) is 28.6 Å². The van der Waals surface area contributed by atoms with E-state index in [0.717, 1.165) is 30.0 Å². The van der Waals surface area contributed by atoms with Crippen LogP contribution in [0.3, 0.4) is 0 Å². The van der Waals surface area contributed by atoms with Gasteiger partial charge in [0.05, 0.1) is 5.69 Å². The van der Waals surface area contributed by atoms with Gasteiger partial charge >= 0.3 is 0 Å². The van der Waals surface area contributed by atoms with Crippen molar-refractivity contribution in [1.29, 1.82) is 0 Å². The number of nitrogens with one attached hydrogen (secondary N) is 2. The van der Waals surface area contributed by atoms with E-state index in [-0.39, 0.29) is 0 Å². The average Bonchev–Trinajstić information content (AvgIpc) is 2.74. The zero-order chi connectivity index (χ0) is 21.5. The normalized spacial score (nSPS) is 10.4. The second kappa shape index (κ2) is 10.0. The van der Waals surface area contributed by atoms with Gasteiger partial charge in [0.15, 0.2) is 5.11 Å². The molecule has 0 spiro atoms. The molecule has 0 aliphatic heterocycles. The molecule has 1 heterocycles. The highest BCUT2D eigenvalue weighted by Crippen LogP contribution is 2.32. The van der Waals surface area contributed by atoms with Gasteiger partial charge in [0.1, 0.15) is 11.4 Å². The molecule has 3 aromatic rings. The van der Waals surface area contributed by atoms with Gasteiger partial charge in [0.25, 0.3) is 0 Å². The third-order valence-electron chi connectivity index (χ3n) is 4.60. The van der Waals surface area contributed by atoms with E-state index in [1.807, 2.05) is 68.4 Å². The molecule has 0 fully saturated rings. The van der Waals surface area contributed by atoms with Gasteiger partial charge in [-0.15, -0.1) is 0 Å². The summed E-state index contributed by atoms with van der Waals surface area (Å²) in [5.74, 6) is 1.77. The molecule has 0 amide bonds. The second-order valence-corrected chi connectivity index (χ2v) is 7.23. The maximum Gasteiger partial charge on any atom is 0.248 e. The third-order valence-corrected chi connectivity index (χ3v) is 4.80. The lowest BCUT2D eigenvalue weighted by Crippen LogP contribution is -2.26. The van der Waals surface area contributed by atoms with E-state index in [1.54, 1.807) is 0 Å². The second-order valence-electron chi connectivity index (χ2n) is 6.82. The van der Waals surface area contributed by atoms with Gasteiger partial charge in [0.2, 0.25) is 11.8 Å². The first-order valence-electron chi connectivity index (χ1n) is 10.0. The van der Waals surface area contributed by atoms with Gasteiger partial charge in [-0.2, -0.15) is 4.98 Å². The van der Waals surface area contributed by atoms with Crippen LogP contribution >= 0.6 is 12.2 Å². The molecule has 30 heavy (non-hydrogen) atoms. The molecule has 6 nitrogen and oxygen atoms in total. The van der Waals surface area contributed by atoms with Crippen LogP contribution in [0.15, 0.2) is 54.6 Å². The predicted octanol–water partition coefficient (Wildman–Crippen LogP) is 5.54. The average molecular weight is 422 g/mol. The highest BCUT2D eigenvalue weighted by molar-refractivity contribution is 7.80. The van der Waals surface area contributed by atoms with Gasteiger partial charge in [-0.05, 0) is 64.2 Å². The number of aromatic nitrogens is 2. The third kappa shape index (κ3) is 5.45. The van der Waals surface area contributed by atoms with Crippen LogP contribution < -0.4 is 20.3 Å². The Kier molecular flexibility index (Phi) is 7.19. The van der Waals surface area contributed by atoms with Crippen LogP contribution in [0.4, 0.5) is 17.3 Å². The number of para-hydroxylation sites is 1. The topological polar surface area (TPSA) is 62.3 Å². The van der Waals surface area contributed by atoms with Crippen molar-refractivity contribution < 1.29 is 4.74 Å². The van der Waals surface area contributed by atoms with E-state index in [1.165, 1.54) is 0 Å². The molecule has 2 aromatic carbocycles. The molecule has 0 saturated carbocycles. The van der Waals surface area contributed by atoms with Crippen LogP contribution in [0.1, 0.15) is 25.1 Å². The molecule has 0 bridgehead atoms. The van der Waals surface area contributed by atoms with Crippen LogP contribution in [0, 0.1) is 13.8 Å². The Morgan fingerprint density at radius 3 is 2.23 bits per heavy atom. The molecule has 0 aliphatic rings. The fourth-order valence-electron chi connectivity index (χ4n) is 2.91. The molecular formula is C23H27N5OS. The summed E-state index contributed by atoms with van der Waals surface area (Å²) in [6, 6.07) is 17.6. The Labute approximate surface area is 183 Å². The minimum Gasteiger partial charge on any atom is -0.437 e. The largest absolute Gasteiger partial charge is 0.437 e. The summed E-state index contributed by atoms with van der Waals surface area (Å²) in [6.45, 7) is 9.73. The van der Waals surface area contributed by atoms with E-state index in [4.69, 9.17) is 21.9 Å². The van der Waals surface area contributed by atoms with E-state index >= 15 is 0 Å². The van der Waals surface area contributed by atoms with Crippen molar-refractivity contribution in [3.05, 3.63) is 65.9 Å². The molecule has 0 atom stereocenters. The van der Waals surface area contributed by atoms with Gasteiger partial charge in [-0.3, -0.25) is 0 Å². The molecule has 0 aliphatic carbocycles. The van der Waals surface area contributed by atoms with Crippen molar-refractivity contribution in [2.24, 2.45) is 0 Å². The van der Waals surface area contributed by atoms with Crippen molar-refractivity contribution in [2.45, 2.75) is 27.7 Å². The Hall–Kier alpha value is -3.19. The first-order chi connectivity index (χ1) is 14.5. The van der Waals surface area contributed by atoms with Gasteiger partial charge in [0, 0.05) is 18.8 Å². The van der Waals surface area contributed by atoms with Crippen molar-refractivity contribution >= 4 is 34.7 Å². The Morgan fingerprint density at radius 2 is 1.60 bits per heavy atom. The molecular weight excluding hydrogens is 394 g/mol. The summed E-state index contributed by atoms with van der Waals surface area (Å²) in [5, 5.41) is 6.83. The maximum absolute atomic E-state index is 6.15. The summed E-state index contributed by atoms with van der Waals surface area (Å²) < 4.78 is 6.15. The monoisotopic (exact) mass is 421 g/mol. The number of ether oxygens (including phenoxy) is 1. The molecule has 0 saturated heterocycles. The minimum atomic E-state index is 0.436. The molecule has 1 aromatic heterocycles. The number of thiocarbonyl (C=S) groups is 1. The number of nitrogens with zero attached hydrogens (tertiary/aromatic N) is 3. The smallest absolute Gasteiger partial charge is 0.248 e. The summed E-state index contributed by atoms with van der Waals surface area (Å²) in [5.41, 5.74) is 3.46. The van der Waals surface area contributed by atoms with E-state index < -0.39 is 0 Å². The summed E-state index contributed by atoms with van der Waals surface area (Å²) >= 11 is 5.51. The molecule has 7 heteroatoms. The quantitative estimate of drug-likeness (QED) is 0.486. The molecule has 0 radical (unpaired) electrons. The zero-order valence-electron chi connectivity index (χ0n) is 17.8. The fraction of sp³-hybridized carbons (Fsp3) is 0.261. The van der Waals surface area contributed by atoms with Gasteiger partial charge in [-0.1, -0.05) is 35.9 Å². The van der Waals surface area contributed by atoms with E-state index in [9.17, 15) is 0 Å². The lowest BCUT2D eigenvalue weighted by atomic mass is 10.2. The standard InChI is InChI=1S/C23H27N5OS/c1-5-28(6-2)22-24-17(4)20(26-23(30)25-18-10-8-7-9-11-18)21(27-22)29-19-14-12-16(3)13-15-19/h7-15H,5-6H2,1-4H3,(H2,25,26,30). The molecule has 0 unspecified atom stereocenters. The molecule has 3 rings (SSSR count). The van der Waals surface area contributed by atoms with Crippen molar-refractivity contribution in [3.63, 3.8) is 0 Å². The number of rotatable bonds is 7. The Bertz CT molecular complexity index is 988. The summed E-state index contributed by atoms with van der Waals surface area (Å²) in [7, 11) is 0. The van der Waals surface area contributed by atoms with Crippen molar-refractivity contribution in [3.8, 4) is 11.6 Å². The first kappa shape index (κ1) is 21.5. The number of anilines is 3. The summed E-state index contributed by atoms with van der Waals surface area (Å²) in [6.07, 6.45) is 0. The predicted molar refractivity (Wildman–Crippen MR) is 128 cm³/mol. The minimum absolute atomic E-state index is 0.436.